The molecule has 1 unspecified atom stereocenters. The van der Waals surface area contributed by atoms with Crippen LogP contribution in [0.1, 0.15) is 41.1 Å². The molecule has 0 spiro atoms. The monoisotopic (exact) mass is 339 g/mol. The SMILES string of the molecule is COc1ccc(C(=O)N2CCCCC(c3ccc(OC)cc3)C2)cc1. The van der Waals surface area contributed by atoms with Gasteiger partial charge in [0.05, 0.1) is 14.2 Å². The lowest BCUT2D eigenvalue weighted by Gasteiger charge is -2.25. The smallest absolute Gasteiger partial charge is 0.253 e. The Morgan fingerprint density at radius 2 is 1.52 bits per heavy atom. The van der Waals surface area contributed by atoms with Gasteiger partial charge in [0.2, 0.25) is 0 Å². The number of nitrogens with zero attached hydrogens (tertiary/aromatic N) is 1. The van der Waals surface area contributed by atoms with Crippen molar-refractivity contribution in [1.82, 2.24) is 4.90 Å². The average molecular weight is 339 g/mol. The molecule has 0 radical (unpaired) electrons. The lowest BCUT2D eigenvalue weighted by atomic mass is 9.94. The molecule has 1 atom stereocenters. The first-order valence-electron chi connectivity index (χ1n) is 8.78. The molecule has 1 aliphatic rings. The summed E-state index contributed by atoms with van der Waals surface area (Å²) in [5.41, 5.74) is 1.99. The highest BCUT2D eigenvalue weighted by molar-refractivity contribution is 5.94. The molecule has 1 saturated heterocycles. The second-order valence-corrected chi connectivity index (χ2v) is 6.45. The van der Waals surface area contributed by atoms with Crippen LogP contribution in [0.4, 0.5) is 0 Å². The van der Waals surface area contributed by atoms with E-state index in [0.717, 1.165) is 49.4 Å². The minimum Gasteiger partial charge on any atom is -0.497 e. The number of amides is 1. The van der Waals surface area contributed by atoms with Gasteiger partial charge >= 0.3 is 0 Å². The van der Waals surface area contributed by atoms with Crippen molar-refractivity contribution >= 4 is 5.91 Å². The summed E-state index contributed by atoms with van der Waals surface area (Å²) in [6.45, 7) is 1.58. The minimum absolute atomic E-state index is 0.100. The zero-order valence-electron chi connectivity index (χ0n) is 14.9. The van der Waals surface area contributed by atoms with Gasteiger partial charge in [0.1, 0.15) is 11.5 Å². The summed E-state index contributed by atoms with van der Waals surface area (Å²) in [5, 5.41) is 0. The van der Waals surface area contributed by atoms with Gasteiger partial charge in [-0.25, -0.2) is 0 Å². The molecule has 4 nitrogen and oxygen atoms in total. The normalized spacial score (nSPS) is 17.7. The Labute approximate surface area is 149 Å². The molecule has 0 aliphatic carbocycles. The molecule has 1 amide bonds. The lowest BCUT2D eigenvalue weighted by Crippen LogP contribution is -2.34. The minimum atomic E-state index is 0.100. The van der Waals surface area contributed by atoms with Crippen molar-refractivity contribution < 1.29 is 14.3 Å². The van der Waals surface area contributed by atoms with Gasteiger partial charge in [-0.3, -0.25) is 4.79 Å². The Morgan fingerprint density at radius 3 is 2.12 bits per heavy atom. The van der Waals surface area contributed by atoms with E-state index < -0.39 is 0 Å². The third-order valence-corrected chi connectivity index (χ3v) is 4.88. The van der Waals surface area contributed by atoms with E-state index in [1.165, 1.54) is 5.56 Å². The van der Waals surface area contributed by atoms with Crippen molar-refractivity contribution in [2.75, 3.05) is 27.3 Å². The Bertz CT molecular complexity index is 694. The van der Waals surface area contributed by atoms with E-state index in [9.17, 15) is 4.79 Å². The zero-order chi connectivity index (χ0) is 17.6. The van der Waals surface area contributed by atoms with E-state index in [1.807, 2.05) is 41.3 Å². The maximum atomic E-state index is 12.9. The van der Waals surface area contributed by atoms with Crippen LogP contribution in [0.3, 0.4) is 0 Å². The van der Waals surface area contributed by atoms with Crippen molar-refractivity contribution in [2.24, 2.45) is 0 Å². The van der Waals surface area contributed by atoms with Crippen molar-refractivity contribution in [1.29, 1.82) is 0 Å². The summed E-state index contributed by atoms with van der Waals surface area (Å²) < 4.78 is 10.4. The Morgan fingerprint density at radius 1 is 0.920 bits per heavy atom. The lowest BCUT2D eigenvalue weighted by molar-refractivity contribution is 0.0754. The number of ether oxygens (including phenoxy) is 2. The first-order valence-corrected chi connectivity index (χ1v) is 8.78. The molecule has 1 fully saturated rings. The van der Waals surface area contributed by atoms with Crippen molar-refractivity contribution in [3.63, 3.8) is 0 Å². The van der Waals surface area contributed by atoms with E-state index in [2.05, 4.69) is 12.1 Å². The summed E-state index contributed by atoms with van der Waals surface area (Å²) in [4.78, 5) is 14.9. The first-order chi connectivity index (χ1) is 12.2. The molecule has 3 rings (SSSR count). The van der Waals surface area contributed by atoms with Crippen molar-refractivity contribution in [2.45, 2.75) is 25.2 Å². The Kier molecular flexibility index (Phi) is 5.59. The van der Waals surface area contributed by atoms with Crippen LogP contribution in [0, 0.1) is 0 Å². The molecule has 132 valence electrons. The van der Waals surface area contributed by atoms with Gasteiger partial charge in [-0.1, -0.05) is 18.6 Å². The molecule has 0 saturated carbocycles. The van der Waals surface area contributed by atoms with Crippen LogP contribution in [-0.4, -0.2) is 38.1 Å². The molecule has 1 aliphatic heterocycles. The van der Waals surface area contributed by atoms with Crippen LogP contribution < -0.4 is 9.47 Å². The zero-order valence-corrected chi connectivity index (χ0v) is 14.9. The number of methoxy groups -OCH3 is 2. The van der Waals surface area contributed by atoms with Crippen LogP contribution in [0.25, 0.3) is 0 Å². The van der Waals surface area contributed by atoms with Crippen molar-refractivity contribution in [3.8, 4) is 11.5 Å². The summed E-state index contributed by atoms with van der Waals surface area (Å²) >= 11 is 0. The Balaban J connectivity index is 1.74. The molecular formula is C21H25NO3. The number of rotatable bonds is 4. The van der Waals surface area contributed by atoms with Gasteiger partial charge < -0.3 is 14.4 Å². The van der Waals surface area contributed by atoms with Crippen molar-refractivity contribution in [3.05, 3.63) is 59.7 Å². The number of carbonyl (C=O) groups excluding carboxylic acids is 1. The van der Waals surface area contributed by atoms with E-state index in [1.54, 1.807) is 14.2 Å². The van der Waals surface area contributed by atoms with Crippen LogP contribution in [0.5, 0.6) is 11.5 Å². The number of hydrogen-bond donors (Lipinski definition) is 0. The Hall–Kier alpha value is -2.49. The van der Waals surface area contributed by atoms with Gasteiger partial charge in [0.15, 0.2) is 0 Å². The molecule has 25 heavy (non-hydrogen) atoms. The topological polar surface area (TPSA) is 38.8 Å². The second kappa shape index (κ2) is 8.06. The molecule has 0 aromatic heterocycles. The summed E-state index contributed by atoms with van der Waals surface area (Å²) in [6, 6.07) is 15.6. The quantitative estimate of drug-likeness (QED) is 0.841. The van der Waals surface area contributed by atoms with Crippen LogP contribution >= 0.6 is 0 Å². The maximum absolute atomic E-state index is 12.9. The largest absolute Gasteiger partial charge is 0.497 e. The number of benzene rings is 2. The van der Waals surface area contributed by atoms with E-state index >= 15 is 0 Å². The fourth-order valence-corrected chi connectivity index (χ4v) is 3.39. The van der Waals surface area contributed by atoms with Crippen LogP contribution in [0.15, 0.2) is 48.5 Å². The van der Waals surface area contributed by atoms with Gasteiger partial charge in [0.25, 0.3) is 5.91 Å². The van der Waals surface area contributed by atoms with E-state index in [0.29, 0.717) is 5.92 Å². The first kappa shape index (κ1) is 17.3. The third-order valence-electron chi connectivity index (χ3n) is 4.88. The predicted octanol–water partition coefficient (Wildman–Crippen LogP) is 4.11. The fraction of sp³-hybridized carbons (Fsp3) is 0.381. The summed E-state index contributed by atoms with van der Waals surface area (Å²) in [6.07, 6.45) is 3.30. The third kappa shape index (κ3) is 4.13. The molecule has 4 heteroatoms. The summed E-state index contributed by atoms with van der Waals surface area (Å²) in [5.74, 6) is 2.10. The highest BCUT2D eigenvalue weighted by atomic mass is 16.5. The molecular weight excluding hydrogens is 314 g/mol. The van der Waals surface area contributed by atoms with Gasteiger partial charge in [0, 0.05) is 24.6 Å². The molecule has 2 aromatic carbocycles. The highest BCUT2D eigenvalue weighted by Crippen LogP contribution is 2.28. The van der Waals surface area contributed by atoms with Gasteiger partial charge in [-0.05, 0) is 54.8 Å². The number of hydrogen-bond acceptors (Lipinski definition) is 3. The standard InChI is InChI=1S/C21H25NO3/c1-24-19-10-6-16(7-11-19)18-5-3-4-14-22(15-18)21(23)17-8-12-20(25-2)13-9-17/h6-13,18H,3-5,14-15H2,1-2H3. The van der Waals surface area contributed by atoms with E-state index in [4.69, 9.17) is 9.47 Å². The van der Waals surface area contributed by atoms with Crippen LogP contribution in [0.2, 0.25) is 0 Å². The van der Waals surface area contributed by atoms with Gasteiger partial charge in [-0.2, -0.15) is 0 Å². The second-order valence-electron chi connectivity index (χ2n) is 6.45. The molecule has 0 N–H and O–H groups in total. The number of carbonyl (C=O) groups is 1. The molecule has 1 heterocycles. The summed E-state index contributed by atoms with van der Waals surface area (Å²) in [7, 11) is 3.31. The number of likely N-dealkylation sites (tertiary alicyclic amines) is 1. The predicted molar refractivity (Wildman–Crippen MR) is 98.5 cm³/mol. The fourth-order valence-electron chi connectivity index (χ4n) is 3.39. The highest BCUT2D eigenvalue weighted by Gasteiger charge is 2.24. The van der Waals surface area contributed by atoms with Crippen LogP contribution in [-0.2, 0) is 0 Å². The maximum Gasteiger partial charge on any atom is 0.253 e. The molecule has 0 bridgehead atoms. The van der Waals surface area contributed by atoms with E-state index in [-0.39, 0.29) is 5.91 Å². The molecule has 2 aromatic rings. The average Bonchev–Trinajstić information content (AvgIpc) is 2.94. The van der Waals surface area contributed by atoms with Gasteiger partial charge in [-0.15, -0.1) is 0 Å².